The minimum atomic E-state index is -4.66. The Bertz CT molecular complexity index is 1530. The van der Waals surface area contributed by atoms with E-state index >= 15 is 0 Å². The minimum absolute atomic E-state index is 0.0253. The van der Waals surface area contributed by atoms with Crippen LogP contribution in [0.15, 0.2) is 103 Å². The molecule has 1 aromatic heterocycles. The first-order valence-corrected chi connectivity index (χ1v) is 11.1. The van der Waals surface area contributed by atoms with E-state index in [0.717, 1.165) is 34.4 Å². The number of nitrogens with two attached hydrogens (primary N) is 1. The Morgan fingerprint density at radius 1 is 0.583 bits per heavy atom. The number of nitrogen functional groups attached to an aromatic ring is 1. The third kappa shape index (κ3) is 4.43. The van der Waals surface area contributed by atoms with Gasteiger partial charge in [0.1, 0.15) is 17.8 Å². The predicted octanol–water partition coefficient (Wildman–Crippen LogP) is 7.88. The summed E-state index contributed by atoms with van der Waals surface area (Å²) >= 11 is 0. The van der Waals surface area contributed by atoms with Crippen molar-refractivity contribution in [1.29, 1.82) is 0 Å². The van der Waals surface area contributed by atoms with E-state index in [2.05, 4.69) is 9.97 Å². The number of halogens is 4. The van der Waals surface area contributed by atoms with Crippen molar-refractivity contribution in [3.8, 4) is 44.8 Å². The summed E-state index contributed by atoms with van der Waals surface area (Å²) in [5.41, 5.74) is 10.1. The van der Waals surface area contributed by atoms with Gasteiger partial charge in [-0.2, -0.15) is 13.2 Å². The van der Waals surface area contributed by atoms with Gasteiger partial charge in [-0.05, 0) is 46.5 Å². The molecule has 5 aromatic rings. The minimum Gasteiger partial charge on any atom is -0.395 e. The van der Waals surface area contributed by atoms with E-state index in [0.29, 0.717) is 17.3 Å². The van der Waals surface area contributed by atoms with E-state index in [9.17, 15) is 17.6 Å². The Labute approximate surface area is 204 Å². The Hall–Kier alpha value is -4.52. The lowest BCUT2D eigenvalue weighted by Gasteiger charge is -2.16. The molecule has 4 aromatic carbocycles. The highest BCUT2D eigenvalue weighted by molar-refractivity contribution is 5.92. The van der Waals surface area contributed by atoms with Crippen LogP contribution >= 0.6 is 0 Å². The van der Waals surface area contributed by atoms with Crippen LogP contribution in [0.1, 0.15) is 5.56 Å². The highest BCUT2D eigenvalue weighted by Crippen LogP contribution is 2.40. The van der Waals surface area contributed by atoms with Gasteiger partial charge in [-0.3, -0.25) is 0 Å². The molecular weight excluding hydrogens is 466 g/mol. The third-order valence-electron chi connectivity index (χ3n) is 5.90. The number of hydrogen-bond acceptors (Lipinski definition) is 3. The van der Waals surface area contributed by atoms with Gasteiger partial charge in [-0.1, -0.05) is 72.8 Å². The Balaban J connectivity index is 1.67. The average molecular weight is 485 g/mol. The number of rotatable bonds is 4. The molecule has 5 rings (SSSR count). The van der Waals surface area contributed by atoms with Crippen LogP contribution in [0.3, 0.4) is 0 Å². The van der Waals surface area contributed by atoms with Crippen molar-refractivity contribution >= 4 is 5.69 Å². The fourth-order valence-corrected chi connectivity index (χ4v) is 4.13. The molecule has 0 unspecified atom stereocenters. The van der Waals surface area contributed by atoms with Gasteiger partial charge in [0.25, 0.3) is 0 Å². The zero-order valence-electron chi connectivity index (χ0n) is 18.8. The summed E-state index contributed by atoms with van der Waals surface area (Å²) < 4.78 is 53.8. The van der Waals surface area contributed by atoms with E-state index in [4.69, 9.17) is 5.73 Å². The highest BCUT2D eigenvalue weighted by Gasteiger charge is 2.31. The van der Waals surface area contributed by atoms with Crippen molar-refractivity contribution in [2.24, 2.45) is 0 Å². The molecule has 0 aliphatic heterocycles. The molecule has 0 aliphatic carbocycles. The summed E-state index contributed by atoms with van der Waals surface area (Å²) in [4.78, 5) is 8.47. The van der Waals surface area contributed by atoms with Gasteiger partial charge in [-0.25, -0.2) is 14.4 Å². The molecule has 0 fully saturated rings. The molecule has 0 bridgehead atoms. The van der Waals surface area contributed by atoms with Gasteiger partial charge < -0.3 is 5.73 Å². The fourth-order valence-electron chi connectivity index (χ4n) is 4.13. The zero-order valence-corrected chi connectivity index (χ0v) is 18.8. The molecule has 0 radical (unpaired) electrons. The molecule has 7 heteroatoms. The van der Waals surface area contributed by atoms with Gasteiger partial charge in [0, 0.05) is 11.1 Å². The van der Waals surface area contributed by atoms with E-state index in [1.807, 2.05) is 78.9 Å². The first-order valence-electron chi connectivity index (χ1n) is 11.1. The number of benzene rings is 4. The number of anilines is 1. The number of alkyl halides is 3. The maximum absolute atomic E-state index is 14.7. The second kappa shape index (κ2) is 9.26. The molecule has 36 heavy (non-hydrogen) atoms. The largest absolute Gasteiger partial charge is 0.416 e. The molecule has 0 spiro atoms. The van der Waals surface area contributed by atoms with Crippen LogP contribution < -0.4 is 5.73 Å². The lowest BCUT2D eigenvalue weighted by molar-refractivity contribution is -0.137. The molecule has 0 saturated heterocycles. The quantitative estimate of drug-likeness (QED) is 0.263. The topological polar surface area (TPSA) is 51.8 Å². The average Bonchev–Trinajstić information content (AvgIpc) is 2.89. The molecule has 0 atom stereocenters. The van der Waals surface area contributed by atoms with E-state index in [1.54, 1.807) is 0 Å². The lowest BCUT2D eigenvalue weighted by atomic mass is 9.92. The van der Waals surface area contributed by atoms with Crippen molar-refractivity contribution in [3.05, 3.63) is 115 Å². The summed E-state index contributed by atoms with van der Waals surface area (Å²) in [5.74, 6) is -1.07. The summed E-state index contributed by atoms with van der Waals surface area (Å²) in [6.45, 7) is 0. The summed E-state index contributed by atoms with van der Waals surface area (Å²) in [6, 6.07) is 27.7. The molecule has 0 amide bonds. The summed E-state index contributed by atoms with van der Waals surface area (Å²) in [5, 5.41) is 0. The summed E-state index contributed by atoms with van der Waals surface area (Å²) in [7, 11) is 0. The molecular formula is C29H19F4N3. The van der Waals surface area contributed by atoms with E-state index < -0.39 is 17.6 Å². The van der Waals surface area contributed by atoms with Crippen LogP contribution in [-0.2, 0) is 6.18 Å². The molecule has 178 valence electrons. The predicted molar refractivity (Wildman–Crippen MR) is 133 cm³/mol. The van der Waals surface area contributed by atoms with Crippen LogP contribution in [0.25, 0.3) is 44.8 Å². The summed E-state index contributed by atoms with van der Waals surface area (Å²) in [6.07, 6.45) is -3.43. The maximum Gasteiger partial charge on any atom is 0.416 e. The third-order valence-corrected chi connectivity index (χ3v) is 5.90. The van der Waals surface area contributed by atoms with Gasteiger partial charge >= 0.3 is 6.18 Å². The first kappa shape index (κ1) is 23.2. The molecule has 2 N–H and O–H groups in total. The lowest BCUT2D eigenvalue weighted by Crippen LogP contribution is -2.06. The van der Waals surface area contributed by atoms with Gasteiger partial charge in [0.2, 0.25) is 0 Å². The van der Waals surface area contributed by atoms with Crippen LogP contribution in [0.2, 0.25) is 0 Å². The van der Waals surface area contributed by atoms with Crippen LogP contribution in [-0.4, -0.2) is 9.97 Å². The van der Waals surface area contributed by atoms with Crippen LogP contribution in [0.5, 0.6) is 0 Å². The van der Waals surface area contributed by atoms with Crippen molar-refractivity contribution in [1.82, 2.24) is 9.97 Å². The Morgan fingerprint density at radius 3 is 1.78 bits per heavy atom. The SMILES string of the molecule is Nc1c(-c2ccc(C(F)(F)F)cc2F)ncnc1-c1ccc(-c2ccccc2)cc1-c1ccccc1. The molecule has 0 saturated carbocycles. The maximum atomic E-state index is 14.7. The Kier molecular flexibility index (Phi) is 5.98. The number of nitrogens with zero attached hydrogens (tertiary/aromatic N) is 2. The van der Waals surface area contributed by atoms with E-state index in [-0.39, 0.29) is 16.9 Å². The zero-order chi connectivity index (χ0) is 25.3. The second-order valence-electron chi connectivity index (χ2n) is 8.17. The van der Waals surface area contributed by atoms with Crippen molar-refractivity contribution < 1.29 is 17.6 Å². The van der Waals surface area contributed by atoms with Crippen molar-refractivity contribution in [2.75, 3.05) is 5.73 Å². The Morgan fingerprint density at radius 2 is 1.17 bits per heavy atom. The van der Waals surface area contributed by atoms with Crippen LogP contribution in [0, 0.1) is 5.82 Å². The normalized spacial score (nSPS) is 11.4. The number of aromatic nitrogens is 2. The van der Waals surface area contributed by atoms with Crippen molar-refractivity contribution in [3.63, 3.8) is 0 Å². The van der Waals surface area contributed by atoms with Gasteiger partial charge in [0.05, 0.1) is 16.9 Å². The molecule has 0 aliphatic rings. The fraction of sp³-hybridized carbons (Fsp3) is 0.0345. The smallest absolute Gasteiger partial charge is 0.395 e. The molecule has 1 heterocycles. The second-order valence-corrected chi connectivity index (χ2v) is 8.17. The van der Waals surface area contributed by atoms with Crippen LogP contribution in [0.4, 0.5) is 23.2 Å². The standard InChI is InChI=1S/C29H19F4N3/c30-25-16-21(29(31,32)33)12-14-23(25)28-26(34)27(35-17-36-28)22-13-11-20(18-7-3-1-4-8-18)15-24(22)19-9-5-2-6-10-19/h1-17H,34H2. The number of hydrogen-bond donors (Lipinski definition) is 1. The molecule has 3 nitrogen and oxygen atoms in total. The first-order chi connectivity index (χ1) is 17.3. The highest BCUT2D eigenvalue weighted by atomic mass is 19.4. The van der Waals surface area contributed by atoms with E-state index in [1.165, 1.54) is 6.33 Å². The van der Waals surface area contributed by atoms with Gasteiger partial charge in [-0.15, -0.1) is 0 Å². The van der Waals surface area contributed by atoms with Crippen molar-refractivity contribution in [2.45, 2.75) is 6.18 Å². The monoisotopic (exact) mass is 485 g/mol. The van der Waals surface area contributed by atoms with Gasteiger partial charge in [0.15, 0.2) is 0 Å².